The standard InChI is InChI=1S/C16H11F3O2/c1-2-20-14-7-9-15(10-8-14)21-11-12-3-5-13(6-4-12)16(17,18)19/h1,3-10H,11H2. The van der Waals surface area contributed by atoms with Gasteiger partial charge in [0.05, 0.1) is 5.56 Å². The molecule has 0 unspecified atom stereocenters. The van der Waals surface area contributed by atoms with Crippen LogP contribution in [0.25, 0.3) is 0 Å². The van der Waals surface area contributed by atoms with Gasteiger partial charge in [-0.15, -0.1) is 0 Å². The minimum absolute atomic E-state index is 0.174. The van der Waals surface area contributed by atoms with Gasteiger partial charge >= 0.3 is 6.18 Å². The van der Waals surface area contributed by atoms with Crippen molar-refractivity contribution in [2.45, 2.75) is 12.8 Å². The van der Waals surface area contributed by atoms with Gasteiger partial charge in [-0.3, -0.25) is 0 Å². The van der Waals surface area contributed by atoms with Gasteiger partial charge in [-0.25, -0.2) is 0 Å². The van der Waals surface area contributed by atoms with E-state index in [9.17, 15) is 13.2 Å². The Morgan fingerprint density at radius 2 is 1.48 bits per heavy atom. The van der Waals surface area contributed by atoms with Crippen molar-refractivity contribution < 1.29 is 22.6 Å². The molecule has 0 amide bonds. The van der Waals surface area contributed by atoms with E-state index >= 15 is 0 Å². The van der Waals surface area contributed by atoms with Crippen molar-refractivity contribution in [3.05, 3.63) is 59.7 Å². The van der Waals surface area contributed by atoms with Crippen LogP contribution in [0.5, 0.6) is 11.5 Å². The van der Waals surface area contributed by atoms with Gasteiger partial charge in [0.25, 0.3) is 0 Å². The van der Waals surface area contributed by atoms with E-state index in [2.05, 4.69) is 0 Å². The summed E-state index contributed by atoms with van der Waals surface area (Å²) in [7, 11) is 0. The van der Waals surface area contributed by atoms with E-state index in [1.165, 1.54) is 12.1 Å². The molecule has 0 aliphatic carbocycles. The van der Waals surface area contributed by atoms with Crippen LogP contribution in [0.4, 0.5) is 13.2 Å². The fraction of sp³-hybridized carbons (Fsp3) is 0.125. The zero-order chi connectivity index (χ0) is 15.3. The molecule has 2 aromatic rings. The number of ether oxygens (including phenoxy) is 2. The molecule has 0 fully saturated rings. The maximum absolute atomic E-state index is 12.4. The first-order valence-electron chi connectivity index (χ1n) is 6.00. The molecule has 0 atom stereocenters. The monoisotopic (exact) mass is 292 g/mol. The Hall–Kier alpha value is -2.61. The lowest BCUT2D eigenvalue weighted by Gasteiger charge is -2.09. The number of rotatable bonds is 4. The molecule has 21 heavy (non-hydrogen) atoms. The summed E-state index contributed by atoms with van der Waals surface area (Å²) in [5.74, 6) is 1.08. The third-order valence-corrected chi connectivity index (χ3v) is 2.69. The molecule has 0 N–H and O–H groups in total. The lowest BCUT2D eigenvalue weighted by Crippen LogP contribution is -2.05. The van der Waals surface area contributed by atoms with E-state index in [1.807, 2.05) is 6.11 Å². The molecule has 0 radical (unpaired) electrons. The van der Waals surface area contributed by atoms with Gasteiger partial charge in [0, 0.05) is 0 Å². The molecular weight excluding hydrogens is 281 g/mol. The molecule has 0 heterocycles. The Morgan fingerprint density at radius 3 is 2.00 bits per heavy atom. The number of hydrogen-bond acceptors (Lipinski definition) is 2. The van der Waals surface area contributed by atoms with Gasteiger partial charge in [-0.2, -0.15) is 13.2 Å². The van der Waals surface area contributed by atoms with E-state index in [-0.39, 0.29) is 6.61 Å². The average Bonchev–Trinajstić information content (AvgIpc) is 2.46. The summed E-state index contributed by atoms with van der Waals surface area (Å²) >= 11 is 0. The van der Waals surface area contributed by atoms with Crippen molar-refractivity contribution in [1.82, 2.24) is 0 Å². The first kappa shape index (κ1) is 14.8. The molecule has 2 nitrogen and oxygen atoms in total. The van der Waals surface area contributed by atoms with E-state index < -0.39 is 11.7 Å². The highest BCUT2D eigenvalue weighted by molar-refractivity contribution is 5.32. The van der Waals surface area contributed by atoms with Crippen LogP contribution in [0.2, 0.25) is 0 Å². The largest absolute Gasteiger partial charge is 0.489 e. The molecule has 2 aromatic carbocycles. The fourth-order valence-corrected chi connectivity index (χ4v) is 1.63. The lowest BCUT2D eigenvalue weighted by molar-refractivity contribution is -0.137. The van der Waals surface area contributed by atoms with Crippen LogP contribution in [-0.4, -0.2) is 0 Å². The molecule has 0 bridgehead atoms. The molecule has 0 saturated carbocycles. The average molecular weight is 292 g/mol. The molecule has 0 aromatic heterocycles. The molecule has 108 valence electrons. The number of benzene rings is 2. The van der Waals surface area contributed by atoms with E-state index in [0.717, 1.165) is 12.1 Å². The smallest absolute Gasteiger partial charge is 0.416 e. The summed E-state index contributed by atoms with van der Waals surface area (Å²) in [5, 5.41) is 0. The van der Waals surface area contributed by atoms with E-state index in [4.69, 9.17) is 15.9 Å². The van der Waals surface area contributed by atoms with Gasteiger partial charge in [0.15, 0.2) is 0 Å². The first-order chi connectivity index (χ1) is 9.99. The third kappa shape index (κ3) is 4.18. The maximum atomic E-state index is 12.4. The van der Waals surface area contributed by atoms with Gasteiger partial charge < -0.3 is 9.47 Å². The zero-order valence-electron chi connectivity index (χ0n) is 10.9. The summed E-state index contributed by atoms with van der Waals surface area (Å²) < 4.78 is 47.5. The van der Waals surface area contributed by atoms with Crippen LogP contribution in [0.3, 0.4) is 0 Å². The molecular formula is C16H11F3O2. The van der Waals surface area contributed by atoms with E-state index in [0.29, 0.717) is 17.1 Å². The highest BCUT2D eigenvalue weighted by Crippen LogP contribution is 2.29. The van der Waals surface area contributed by atoms with Crippen molar-refractivity contribution in [3.63, 3.8) is 0 Å². The minimum atomic E-state index is -4.33. The zero-order valence-corrected chi connectivity index (χ0v) is 10.9. The Kier molecular flexibility index (Phi) is 4.39. The second-order valence-corrected chi connectivity index (χ2v) is 4.17. The van der Waals surface area contributed by atoms with Crippen LogP contribution < -0.4 is 9.47 Å². The Bertz CT molecular complexity index is 623. The molecule has 2 rings (SSSR count). The fourth-order valence-electron chi connectivity index (χ4n) is 1.63. The Balaban J connectivity index is 1.95. The number of terminal acetylenes is 1. The van der Waals surface area contributed by atoms with Gasteiger partial charge in [0.2, 0.25) is 0 Å². The summed E-state index contributed by atoms with van der Waals surface area (Å²) in [6.07, 6.45) is 2.71. The molecule has 5 heteroatoms. The van der Waals surface area contributed by atoms with Crippen LogP contribution in [0.15, 0.2) is 48.5 Å². The summed E-state index contributed by atoms with van der Waals surface area (Å²) in [4.78, 5) is 0. The first-order valence-corrected chi connectivity index (χ1v) is 6.00. The highest BCUT2D eigenvalue weighted by Gasteiger charge is 2.29. The molecule has 0 spiro atoms. The predicted octanol–water partition coefficient (Wildman–Crippen LogP) is 4.25. The number of hydrogen-bond donors (Lipinski definition) is 0. The van der Waals surface area contributed by atoms with Gasteiger partial charge in [-0.05, 0) is 42.0 Å². The van der Waals surface area contributed by atoms with Crippen molar-refractivity contribution in [3.8, 4) is 24.0 Å². The topological polar surface area (TPSA) is 18.5 Å². The normalized spacial score (nSPS) is 10.8. The second-order valence-electron chi connectivity index (χ2n) is 4.17. The van der Waals surface area contributed by atoms with Crippen molar-refractivity contribution in [2.24, 2.45) is 0 Å². The second kappa shape index (κ2) is 6.23. The van der Waals surface area contributed by atoms with Crippen LogP contribution in [-0.2, 0) is 12.8 Å². The number of halogens is 3. The summed E-state index contributed by atoms with van der Waals surface area (Å²) in [6, 6.07) is 11.4. The highest BCUT2D eigenvalue weighted by atomic mass is 19.4. The lowest BCUT2D eigenvalue weighted by atomic mass is 10.1. The predicted molar refractivity (Wildman–Crippen MR) is 71.7 cm³/mol. The van der Waals surface area contributed by atoms with Crippen LogP contribution >= 0.6 is 0 Å². The molecule has 0 saturated heterocycles. The summed E-state index contributed by atoms with van der Waals surface area (Å²) in [6.45, 7) is 0.174. The third-order valence-electron chi connectivity index (χ3n) is 2.69. The van der Waals surface area contributed by atoms with Crippen molar-refractivity contribution in [2.75, 3.05) is 0 Å². The summed E-state index contributed by atoms with van der Waals surface area (Å²) in [5.41, 5.74) is -0.0333. The Morgan fingerprint density at radius 1 is 0.905 bits per heavy atom. The maximum Gasteiger partial charge on any atom is 0.416 e. The minimum Gasteiger partial charge on any atom is -0.489 e. The van der Waals surface area contributed by atoms with Crippen molar-refractivity contribution in [1.29, 1.82) is 0 Å². The SMILES string of the molecule is C#COc1ccc(OCc2ccc(C(F)(F)F)cc2)cc1. The van der Waals surface area contributed by atoms with Crippen LogP contribution in [0.1, 0.15) is 11.1 Å². The van der Waals surface area contributed by atoms with Crippen molar-refractivity contribution >= 4 is 0 Å². The van der Waals surface area contributed by atoms with Crippen LogP contribution in [0, 0.1) is 12.5 Å². The quantitative estimate of drug-likeness (QED) is 0.784. The van der Waals surface area contributed by atoms with Gasteiger partial charge in [0.1, 0.15) is 24.2 Å². The Labute approximate surface area is 120 Å². The van der Waals surface area contributed by atoms with E-state index in [1.54, 1.807) is 24.3 Å². The van der Waals surface area contributed by atoms with Gasteiger partial charge in [-0.1, -0.05) is 18.6 Å². The molecule has 0 aliphatic heterocycles. The molecule has 0 aliphatic rings. The number of alkyl halides is 3.